The predicted molar refractivity (Wildman–Crippen MR) is 73.1 cm³/mol. The molecule has 0 saturated heterocycles. The average molecular weight is 317 g/mol. The summed E-state index contributed by atoms with van der Waals surface area (Å²) >= 11 is 6.07. The summed E-state index contributed by atoms with van der Waals surface area (Å²) < 4.78 is 29.0. The Morgan fingerprint density at radius 2 is 2.10 bits per heavy atom. The van der Waals surface area contributed by atoms with Gasteiger partial charge in [-0.15, -0.1) is 0 Å². The van der Waals surface area contributed by atoms with Crippen molar-refractivity contribution >= 4 is 33.2 Å². The summed E-state index contributed by atoms with van der Waals surface area (Å²) in [6, 6.07) is 1.36. The number of ether oxygens (including phenoxy) is 1. The molecule has 0 bridgehead atoms. The summed E-state index contributed by atoms with van der Waals surface area (Å²) in [5.41, 5.74) is 0.275. The summed E-state index contributed by atoms with van der Waals surface area (Å²) in [4.78, 5) is 23.7. The van der Waals surface area contributed by atoms with Gasteiger partial charge in [0.15, 0.2) is 15.6 Å². The first-order valence-electron chi connectivity index (χ1n) is 6.05. The molecule has 0 aromatic heterocycles. The lowest BCUT2D eigenvalue weighted by Crippen LogP contribution is -2.24. The van der Waals surface area contributed by atoms with Crippen LogP contribution >= 0.6 is 11.6 Å². The van der Waals surface area contributed by atoms with Gasteiger partial charge in [-0.2, -0.15) is 0 Å². The molecular formula is C13H13ClO5S. The summed E-state index contributed by atoms with van der Waals surface area (Å²) in [6.45, 7) is 3.35. The standard InChI is InChI=1S/C13H13ClO5S/c1-3-19-13(16)8-6-7(2)12-10(11(8)14)9(15)4-5-20(12,17)18/h6H,3-5H2,1-2H3. The summed E-state index contributed by atoms with van der Waals surface area (Å²) in [7, 11) is -3.54. The highest BCUT2D eigenvalue weighted by atomic mass is 35.5. The number of ketones is 1. The van der Waals surface area contributed by atoms with Crippen LogP contribution in [0.3, 0.4) is 0 Å². The molecule has 5 nitrogen and oxygen atoms in total. The minimum atomic E-state index is -3.54. The van der Waals surface area contributed by atoms with E-state index in [9.17, 15) is 18.0 Å². The fourth-order valence-electron chi connectivity index (χ4n) is 2.24. The van der Waals surface area contributed by atoms with Crippen molar-refractivity contribution in [2.45, 2.75) is 25.2 Å². The van der Waals surface area contributed by atoms with E-state index in [1.807, 2.05) is 0 Å². The van der Waals surface area contributed by atoms with E-state index in [1.165, 1.54) is 13.0 Å². The molecule has 0 N–H and O–H groups in total. The molecule has 2 rings (SSSR count). The number of hydrogen-bond donors (Lipinski definition) is 0. The number of carbonyl (C=O) groups is 2. The van der Waals surface area contributed by atoms with E-state index in [0.29, 0.717) is 5.56 Å². The van der Waals surface area contributed by atoms with E-state index in [1.54, 1.807) is 6.92 Å². The van der Waals surface area contributed by atoms with Crippen LogP contribution < -0.4 is 0 Å². The van der Waals surface area contributed by atoms with Crippen LogP contribution in [0.5, 0.6) is 0 Å². The highest BCUT2D eigenvalue weighted by molar-refractivity contribution is 7.91. The van der Waals surface area contributed by atoms with Crippen molar-refractivity contribution in [2.75, 3.05) is 12.4 Å². The Labute approximate surface area is 121 Å². The van der Waals surface area contributed by atoms with Crippen LogP contribution in [0, 0.1) is 6.92 Å². The third kappa shape index (κ3) is 2.33. The van der Waals surface area contributed by atoms with Crippen molar-refractivity contribution in [2.24, 2.45) is 0 Å². The molecule has 0 atom stereocenters. The van der Waals surface area contributed by atoms with Gasteiger partial charge in [-0.05, 0) is 25.5 Å². The molecule has 0 aliphatic carbocycles. The first-order chi connectivity index (χ1) is 9.29. The number of halogens is 1. The van der Waals surface area contributed by atoms with Gasteiger partial charge in [0, 0.05) is 6.42 Å². The highest BCUT2D eigenvalue weighted by Crippen LogP contribution is 2.36. The molecule has 108 valence electrons. The Morgan fingerprint density at radius 1 is 1.45 bits per heavy atom. The molecule has 0 fully saturated rings. The Hall–Kier alpha value is -1.40. The molecule has 0 unspecified atom stereocenters. The summed E-state index contributed by atoms with van der Waals surface area (Å²) in [6.07, 6.45) is -0.124. The molecule has 1 aromatic carbocycles. The molecule has 1 aromatic rings. The van der Waals surface area contributed by atoms with Gasteiger partial charge < -0.3 is 4.74 Å². The van der Waals surface area contributed by atoms with Gasteiger partial charge in [0.1, 0.15) is 0 Å². The topological polar surface area (TPSA) is 77.5 Å². The van der Waals surface area contributed by atoms with Crippen LogP contribution in [-0.4, -0.2) is 32.5 Å². The zero-order chi connectivity index (χ0) is 15.1. The fraction of sp³-hybridized carbons (Fsp3) is 0.385. The van der Waals surface area contributed by atoms with E-state index >= 15 is 0 Å². The van der Waals surface area contributed by atoms with Gasteiger partial charge in [0.05, 0.1) is 33.4 Å². The molecule has 1 heterocycles. The maximum atomic E-state index is 12.1. The zero-order valence-corrected chi connectivity index (χ0v) is 12.6. The van der Waals surface area contributed by atoms with Gasteiger partial charge in [0.25, 0.3) is 0 Å². The van der Waals surface area contributed by atoms with Gasteiger partial charge in [-0.25, -0.2) is 13.2 Å². The Bertz CT molecular complexity index is 706. The van der Waals surface area contributed by atoms with E-state index in [4.69, 9.17) is 16.3 Å². The second kappa shape index (κ2) is 5.18. The third-order valence-electron chi connectivity index (χ3n) is 3.09. The Kier molecular flexibility index (Phi) is 3.88. The van der Waals surface area contributed by atoms with Gasteiger partial charge >= 0.3 is 5.97 Å². The maximum Gasteiger partial charge on any atom is 0.339 e. The van der Waals surface area contributed by atoms with E-state index in [0.717, 1.165) is 0 Å². The second-order valence-corrected chi connectivity index (χ2v) is 6.90. The normalized spacial score (nSPS) is 16.6. The molecular weight excluding hydrogens is 304 g/mol. The van der Waals surface area contributed by atoms with Crippen molar-refractivity contribution < 1.29 is 22.7 Å². The van der Waals surface area contributed by atoms with Crippen molar-refractivity contribution in [1.82, 2.24) is 0 Å². The van der Waals surface area contributed by atoms with Crippen LogP contribution in [-0.2, 0) is 14.6 Å². The number of aryl methyl sites for hydroxylation is 1. The highest BCUT2D eigenvalue weighted by Gasteiger charge is 2.35. The molecule has 0 saturated carbocycles. The van der Waals surface area contributed by atoms with Crippen LogP contribution in [0.1, 0.15) is 39.6 Å². The largest absolute Gasteiger partial charge is 0.462 e. The van der Waals surface area contributed by atoms with Crippen LogP contribution in [0.2, 0.25) is 5.02 Å². The smallest absolute Gasteiger partial charge is 0.339 e. The second-order valence-electron chi connectivity index (χ2n) is 4.47. The number of hydrogen-bond acceptors (Lipinski definition) is 5. The number of carbonyl (C=O) groups excluding carboxylic acids is 2. The average Bonchev–Trinajstić information content (AvgIpc) is 2.36. The van der Waals surface area contributed by atoms with Crippen molar-refractivity contribution in [1.29, 1.82) is 0 Å². The first kappa shape index (κ1) is 15.0. The minimum Gasteiger partial charge on any atom is -0.462 e. The maximum absolute atomic E-state index is 12.1. The fourth-order valence-corrected chi connectivity index (χ4v) is 4.36. The number of Topliss-reactive ketones (excluding diaryl/α,β-unsaturated/α-hetero) is 1. The van der Waals surface area contributed by atoms with Crippen molar-refractivity contribution in [3.05, 3.63) is 27.8 Å². The van der Waals surface area contributed by atoms with Gasteiger partial charge in [0.2, 0.25) is 0 Å². The molecule has 1 aliphatic heterocycles. The summed E-state index contributed by atoms with van der Waals surface area (Å²) in [5.74, 6) is -1.26. The van der Waals surface area contributed by atoms with E-state index < -0.39 is 15.8 Å². The molecule has 0 amide bonds. The number of benzene rings is 1. The molecule has 20 heavy (non-hydrogen) atoms. The first-order valence-corrected chi connectivity index (χ1v) is 8.08. The number of esters is 1. The lowest BCUT2D eigenvalue weighted by Gasteiger charge is -2.20. The van der Waals surface area contributed by atoms with Crippen LogP contribution in [0.15, 0.2) is 11.0 Å². The number of fused-ring (bicyclic) bond motifs is 1. The molecule has 0 spiro atoms. The Morgan fingerprint density at radius 3 is 2.70 bits per heavy atom. The third-order valence-corrected chi connectivity index (χ3v) is 5.37. The van der Waals surface area contributed by atoms with E-state index in [2.05, 4.69) is 0 Å². The lowest BCUT2D eigenvalue weighted by atomic mass is 10.0. The zero-order valence-electron chi connectivity index (χ0n) is 11.0. The SMILES string of the molecule is CCOC(=O)c1cc(C)c2c(c1Cl)C(=O)CCS2(=O)=O. The number of sulfone groups is 1. The van der Waals surface area contributed by atoms with E-state index in [-0.39, 0.29) is 45.6 Å². The van der Waals surface area contributed by atoms with Crippen LogP contribution in [0.25, 0.3) is 0 Å². The minimum absolute atomic E-state index is 0.0233. The molecule has 7 heteroatoms. The monoisotopic (exact) mass is 316 g/mol. The van der Waals surface area contributed by atoms with Crippen LogP contribution in [0.4, 0.5) is 0 Å². The summed E-state index contributed by atoms with van der Waals surface area (Å²) in [5, 5.41) is -0.141. The predicted octanol–water partition coefficient (Wildman–Crippen LogP) is 2.19. The van der Waals surface area contributed by atoms with Crippen molar-refractivity contribution in [3.8, 4) is 0 Å². The molecule has 0 radical (unpaired) electrons. The van der Waals surface area contributed by atoms with Gasteiger partial charge in [-0.1, -0.05) is 11.6 Å². The quantitative estimate of drug-likeness (QED) is 0.782. The Balaban J connectivity index is 2.76. The lowest BCUT2D eigenvalue weighted by molar-refractivity contribution is 0.0526. The van der Waals surface area contributed by atoms with Crippen molar-refractivity contribution in [3.63, 3.8) is 0 Å². The molecule has 1 aliphatic rings. The number of rotatable bonds is 2. The van der Waals surface area contributed by atoms with Gasteiger partial charge in [-0.3, -0.25) is 4.79 Å².